The van der Waals surface area contributed by atoms with Gasteiger partial charge in [-0.1, -0.05) is 29.8 Å². The molecule has 1 saturated heterocycles. The van der Waals surface area contributed by atoms with E-state index in [-0.39, 0.29) is 22.4 Å². The van der Waals surface area contributed by atoms with E-state index in [2.05, 4.69) is 0 Å². The van der Waals surface area contributed by atoms with Crippen molar-refractivity contribution in [2.75, 3.05) is 6.54 Å². The van der Waals surface area contributed by atoms with Crippen molar-refractivity contribution >= 4 is 17.5 Å². The second-order valence-corrected chi connectivity index (χ2v) is 5.72. The lowest BCUT2D eigenvalue weighted by molar-refractivity contribution is 0.0731. The van der Waals surface area contributed by atoms with Gasteiger partial charge < -0.3 is 4.90 Å². The summed E-state index contributed by atoms with van der Waals surface area (Å²) in [5.74, 6) is -1.43. The van der Waals surface area contributed by atoms with E-state index in [9.17, 15) is 13.6 Å². The predicted molar refractivity (Wildman–Crippen MR) is 80.8 cm³/mol. The van der Waals surface area contributed by atoms with E-state index in [4.69, 9.17) is 11.6 Å². The van der Waals surface area contributed by atoms with Crippen LogP contribution in [0.3, 0.4) is 0 Å². The van der Waals surface area contributed by atoms with Gasteiger partial charge in [0.05, 0.1) is 16.6 Å². The topological polar surface area (TPSA) is 20.3 Å². The van der Waals surface area contributed by atoms with Gasteiger partial charge in [-0.25, -0.2) is 8.78 Å². The molecule has 2 aromatic rings. The van der Waals surface area contributed by atoms with Crippen LogP contribution < -0.4 is 0 Å². The third-order valence-electron chi connectivity index (χ3n) is 3.92. The van der Waals surface area contributed by atoms with E-state index in [1.54, 1.807) is 17.0 Å². The van der Waals surface area contributed by atoms with Crippen molar-refractivity contribution < 1.29 is 13.6 Å². The number of likely N-dealkylation sites (tertiary alicyclic amines) is 1. The molecule has 0 aliphatic carbocycles. The molecule has 1 amide bonds. The maximum atomic E-state index is 14.0. The minimum absolute atomic E-state index is 0.0925. The maximum absolute atomic E-state index is 14.0. The maximum Gasteiger partial charge on any atom is 0.258 e. The number of carbonyl (C=O) groups excluding carboxylic acids is 1. The van der Waals surface area contributed by atoms with Crippen molar-refractivity contribution in [1.82, 2.24) is 4.90 Å². The van der Waals surface area contributed by atoms with Gasteiger partial charge in [-0.3, -0.25) is 4.79 Å². The van der Waals surface area contributed by atoms with Gasteiger partial charge >= 0.3 is 0 Å². The fourth-order valence-electron chi connectivity index (χ4n) is 2.92. The van der Waals surface area contributed by atoms with Crippen LogP contribution in [0.25, 0.3) is 0 Å². The standard InChI is InChI=1S/C17H14ClF2NO/c18-13-6-2-7-14(20)16(13)17(22)21-9-3-8-15(21)11-4-1-5-12(19)10-11/h1-2,4-7,10,15H,3,8-9H2/t15-/m0/s1. The van der Waals surface area contributed by atoms with Crippen LogP contribution in [-0.4, -0.2) is 17.4 Å². The lowest BCUT2D eigenvalue weighted by Gasteiger charge is -2.25. The average molecular weight is 322 g/mol. The van der Waals surface area contributed by atoms with Gasteiger partial charge in [0.15, 0.2) is 0 Å². The van der Waals surface area contributed by atoms with Gasteiger partial charge in [-0.05, 0) is 42.7 Å². The summed E-state index contributed by atoms with van der Waals surface area (Å²) in [6.07, 6.45) is 1.51. The van der Waals surface area contributed by atoms with Gasteiger partial charge in [0.1, 0.15) is 11.6 Å². The minimum atomic E-state index is -0.637. The number of hydrogen-bond acceptors (Lipinski definition) is 1. The Labute approximate surface area is 132 Å². The molecular formula is C17H14ClF2NO. The molecule has 2 nitrogen and oxygen atoms in total. The molecule has 5 heteroatoms. The van der Waals surface area contributed by atoms with Crippen molar-refractivity contribution in [3.05, 3.63) is 70.2 Å². The van der Waals surface area contributed by atoms with Gasteiger partial charge in [0.25, 0.3) is 5.91 Å². The molecule has 1 fully saturated rings. The van der Waals surface area contributed by atoms with Crippen molar-refractivity contribution in [3.8, 4) is 0 Å². The smallest absolute Gasteiger partial charge is 0.258 e. The number of amides is 1. The highest BCUT2D eigenvalue weighted by Gasteiger charge is 2.32. The van der Waals surface area contributed by atoms with Gasteiger partial charge in [0.2, 0.25) is 0 Å². The van der Waals surface area contributed by atoms with Crippen molar-refractivity contribution in [3.63, 3.8) is 0 Å². The Morgan fingerprint density at radius 3 is 2.68 bits per heavy atom. The molecule has 0 saturated carbocycles. The number of hydrogen-bond donors (Lipinski definition) is 0. The Bertz CT molecular complexity index is 699. The first-order valence-electron chi connectivity index (χ1n) is 7.08. The first-order chi connectivity index (χ1) is 10.6. The molecule has 0 unspecified atom stereocenters. The quantitative estimate of drug-likeness (QED) is 0.792. The van der Waals surface area contributed by atoms with Crippen LogP contribution in [0.1, 0.15) is 34.8 Å². The molecule has 3 rings (SSSR count). The lowest BCUT2D eigenvalue weighted by atomic mass is 10.0. The monoisotopic (exact) mass is 321 g/mol. The molecule has 0 radical (unpaired) electrons. The Hall–Kier alpha value is -1.94. The number of carbonyl (C=O) groups is 1. The second kappa shape index (κ2) is 6.05. The molecule has 22 heavy (non-hydrogen) atoms. The van der Waals surface area contributed by atoms with Crippen LogP contribution in [0.5, 0.6) is 0 Å². The van der Waals surface area contributed by atoms with Crippen LogP contribution in [0, 0.1) is 11.6 Å². The molecule has 0 N–H and O–H groups in total. The zero-order valence-electron chi connectivity index (χ0n) is 11.7. The fraction of sp³-hybridized carbons (Fsp3) is 0.235. The molecule has 1 atom stereocenters. The summed E-state index contributed by atoms with van der Waals surface area (Å²) >= 11 is 5.97. The summed E-state index contributed by atoms with van der Waals surface area (Å²) in [7, 11) is 0. The van der Waals surface area contributed by atoms with E-state index in [0.29, 0.717) is 6.54 Å². The molecule has 0 bridgehead atoms. The highest BCUT2D eigenvalue weighted by Crippen LogP contribution is 2.34. The highest BCUT2D eigenvalue weighted by molar-refractivity contribution is 6.33. The molecule has 0 spiro atoms. The zero-order valence-corrected chi connectivity index (χ0v) is 12.5. The summed E-state index contributed by atoms with van der Waals surface area (Å²) in [5, 5.41) is 0.0925. The van der Waals surface area contributed by atoms with Gasteiger partial charge in [0, 0.05) is 6.54 Å². The van der Waals surface area contributed by atoms with Crippen molar-refractivity contribution in [1.29, 1.82) is 0 Å². The third-order valence-corrected chi connectivity index (χ3v) is 4.24. The number of nitrogens with zero attached hydrogens (tertiary/aromatic N) is 1. The first kappa shape index (κ1) is 15.0. The number of benzene rings is 2. The van der Waals surface area contributed by atoms with Crippen LogP contribution in [0.4, 0.5) is 8.78 Å². The first-order valence-corrected chi connectivity index (χ1v) is 7.46. The van der Waals surface area contributed by atoms with Gasteiger partial charge in [-0.15, -0.1) is 0 Å². The summed E-state index contributed by atoms with van der Waals surface area (Å²) in [4.78, 5) is 14.2. The second-order valence-electron chi connectivity index (χ2n) is 5.31. The van der Waals surface area contributed by atoms with Crippen LogP contribution in [-0.2, 0) is 0 Å². The Morgan fingerprint density at radius 1 is 1.18 bits per heavy atom. The van der Waals surface area contributed by atoms with E-state index >= 15 is 0 Å². The summed E-state index contributed by atoms with van der Waals surface area (Å²) < 4.78 is 27.4. The van der Waals surface area contributed by atoms with Crippen LogP contribution >= 0.6 is 11.6 Å². The van der Waals surface area contributed by atoms with E-state index < -0.39 is 11.7 Å². The molecule has 2 aromatic carbocycles. The molecule has 1 aliphatic rings. The van der Waals surface area contributed by atoms with Gasteiger partial charge in [-0.2, -0.15) is 0 Å². The molecule has 1 aliphatic heterocycles. The summed E-state index contributed by atoms with van der Waals surface area (Å²) in [5.41, 5.74) is 0.603. The van der Waals surface area contributed by atoms with Crippen molar-refractivity contribution in [2.24, 2.45) is 0 Å². The van der Waals surface area contributed by atoms with E-state index in [1.807, 2.05) is 0 Å². The van der Waals surface area contributed by atoms with Crippen LogP contribution in [0.15, 0.2) is 42.5 Å². The Kier molecular flexibility index (Phi) is 4.12. The van der Waals surface area contributed by atoms with Crippen LogP contribution in [0.2, 0.25) is 5.02 Å². The minimum Gasteiger partial charge on any atom is -0.331 e. The number of halogens is 3. The third kappa shape index (κ3) is 2.71. The molecule has 1 heterocycles. The fourth-order valence-corrected chi connectivity index (χ4v) is 3.16. The molecular weight excluding hydrogens is 308 g/mol. The van der Waals surface area contributed by atoms with E-state index in [0.717, 1.165) is 18.4 Å². The summed E-state index contributed by atoms with van der Waals surface area (Å²) in [6, 6.07) is 10.1. The lowest BCUT2D eigenvalue weighted by Crippen LogP contribution is -2.31. The zero-order chi connectivity index (χ0) is 15.7. The Morgan fingerprint density at radius 2 is 1.95 bits per heavy atom. The average Bonchev–Trinajstić information content (AvgIpc) is 2.96. The predicted octanol–water partition coefficient (Wildman–Crippen LogP) is 4.60. The SMILES string of the molecule is O=C(c1c(F)cccc1Cl)N1CCC[C@H]1c1cccc(F)c1. The summed E-state index contributed by atoms with van der Waals surface area (Å²) in [6.45, 7) is 0.505. The van der Waals surface area contributed by atoms with E-state index in [1.165, 1.54) is 30.3 Å². The highest BCUT2D eigenvalue weighted by atomic mass is 35.5. The normalized spacial score (nSPS) is 17.8. The Balaban J connectivity index is 1.95. The molecule has 0 aromatic heterocycles. The number of rotatable bonds is 2. The molecule has 114 valence electrons. The largest absolute Gasteiger partial charge is 0.331 e. The van der Waals surface area contributed by atoms with Crippen molar-refractivity contribution in [2.45, 2.75) is 18.9 Å².